The molecule has 146 valence electrons. The highest BCUT2D eigenvalue weighted by molar-refractivity contribution is 7.89. The van der Waals surface area contributed by atoms with Crippen LogP contribution in [0.15, 0.2) is 47.4 Å². The molecule has 0 radical (unpaired) electrons. The summed E-state index contributed by atoms with van der Waals surface area (Å²) in [6, 6.07) is 11.6. The van der Waals surface area contributed by atoms with Gasteiger partial charge in [0.05, 0.1) is 4.90 Å². The lowest BCUT2D eigenvalue weighted by atomic mass is 10.1. The fourth-order valence-corrected chi connectivity index (χ4v) is 3.81. The highest BCUT2D eigenvalue weighted by atomic mass is 32.2. The molecule has 2 aromatic rings. The molecule has 1 atom stereocenters. The monoisotopic (exact) mass is 390 g/mol. The van der Waals surface area contributed by atoms with Crippen molar-refractivity contribution in [2.24, 2.45) is 0 Å². The predicted octanol–water partition coefficient (Wildman–Crippen LogP) is 3.40. The molecule has 0 saturated carbocycles. The summed E-state index contributed by atoms with van der Waals surface area (Å²) < 4.78 is 32.6. The Labute approximate surface area is 161 Å². The van der Waals surface area contributed by atoms with Crippen molar-refractivity contribution in [3.63, 3.8) is 0 Å². The number of carbonyl (C=O) groups excluding carboxylic acids is 1. The third-order valence-electron chi connectivity index (χ3n) is 3.90. The summed E-state index contributed by atoms with van der Waals surface area (Å²) in [6.45, 7) is 9.04. The van der Waals surface area contributed by atoms with Crippen LogP contribution in [0.3, 0.4) is 0 Å². The minimum atomic E-state index is -3.56. The Morgan fingerprint density at radius 3 is 2.04 bits per heavy atom. The van der Waals surface area contributed by atoms with Crippen molar-refractivity contribution in [1.29, 1.82) is 0 Å². The molecular formula is C20H26N2O4S. The quantitative estimate of drug-likeness (QED) is 0.759. The fraction of sp³-hybridized carbons (Fsp3) is 0.350. The molecule has 6 nitrogen and oxygen atoms in total. The molecule has 0 fully saturated rings. The van der Waals surface area contributed by atoms with E-state index in [0.717, 1.165) is 11.1 Å². The van der Waals surface area contributed by atoms with Gasteiger partial charge in [-0.25, -0.2) is 13.1 Å². The highest BCUT2D eigenvalue weighted by Gasteiger charge is 2.18. The van der Waals surface area contributed by atoms with Crippen molar-refractivity contribution >= 4 is 21.6 Å². The van der Waals surface area contributed by atoms with Crippen molar-refractivity contribution < 1.29 is 17.9 Å². The molecule has 1 unspecified atom stereocenters. The maximum Gasteiger partial charge on any atom is 0.265 e. The average Bonchev–Trinajstić information content (AvgIpc) is 2.57. The van der Waals surface area contributed by atoms with E-state index in [0.29, 0.717) is 11.4 Å². The van der Waals surface area contributed by atoms with Crippen molar-refractivity contribution in [2.45, 2.75) is 51.7 Å². The zero-order chi connectivity index (χ0) is 20.2. The smallest absolute Gasteiger partial charge is 0.265 e. The van der Waals surface area contributed by atoms with E-state index in [1.165, 1.54) is 12.1 Å². The molecule has 0 bridgehead atoms. The van der Waals surface area contributed by atoms with Crippen LogP contribution in [0.1, 0.15) is 31.9 Å². The van der Waals surface area contributed by atoms with E-state index in [2.05, 4.69) is 10.0 Å². The van der Waals surface area contributed by atoms with Crippen LogP contribution in [0.4, 0.5) is 5.69 Å². The number of ether oxygens (including phenoxy) is 1. The summed E-state index contributed by atoms with van der Waals surface area (Å²) >= 11 is 0. The number of aryl methyl sites for hydroxylation is 2. The third-order valence-corrected chi connectivity index (χ3v) is 5.57. The maximum atomic E-state index is 12.4. The van der Waals surface area contributed by atoms with Crippen molar-refractivity contribution in [1.82, 2.24) is 4.72 Å². The summed E-state index contributed by atoms with van der Waals surface area (Å²) in [5, 5.41) is 2.74. The lowest BCUT2D eigenvalue weighted by molar-refractivity contribution is -0.122. The lowest BCUT2D eigenvalue weighted by Gasteiger charge is -2.18. The number of carbonyl (C=O) groups is 1. The molecule has 2 N–H and O–H groups in total. The molecule has 2 aromatic carbocycles. The minimum Gasteiger partial charge on any atom is -0.480 e. The van der Waals surface area contributed by atoms with E-state index in [9.17, 15) is 13.2 Å². The van der Waals surface area contributed by atoms with E-state index in [1.807, 2.05) is 32.0 Å². The zero-order valence-corrected chi connectivity index (χ0v) is 17.1. The van der Waals surface area contributed by atoms with Gasteiger partial charge in [0.2, 0.25) is 10.0 Å². The molecule has 27 heavy (non-hydrogen) atoms. The molecule has 1 amide bonds. The Morgan fingerprint density at radius 1 is 0.963 bits per heavy atom. The summed E-state index contributed by atoms with van der Waals surface area (Å²) in [5.41, 5.74) is 2.42. The Balaban J connectivity index is 2.05. The van der Waals surface area contributed by atoms with Gasteiger partial charge in [0.25, 0.3) is 5.91 Å². The molecule has 0 aromatic heterocycles. The van der Waals surface area contributed by atoms with Crippen LogP contribution in [-0.4, -0.2) is 26.5 Å². The second kappa shape index (κ2) is 8.54. The van der Waals surface area contributed by atoms with E-state index >= 15 is 0 Å². The molecule has 2 rings (SSSR count). The molecular weight excluding hydrogens is 364 g/mol. The normalized spacial score (nSPS) is 12.7. The average molecular weight is 391 g/mol. The number of nitrogens with one attached hydrogen (secondary N) is 2. The second-order valence-electron chi connectivity index (χ2n) is 6.77. The molecule has 7 heteroatoms. The number of hydrogen-bond acceptors (Lipinski definition) is 4. The molecule has 0 spiro atoms. The first-order valence-corrected chi connectivity index (χ1v) is 10.2. The first-order valence-electron chi connectivity index (χ1n) is 8.76. The number of sulfonamides is 1. The number of rotatable bonds is 7. The summed E-state index contributed by atoms with van der Waals surface area (Å²) in [5.74, 6) is 0.384. The van der Waals surface area contributed by atoms with Crippen LogP contribution < -0.4 is 14.8 Å². The third kappa shape index (κ3) is 5.55. The maximum absolute atomic E-state index is 12.4. The molecule has 0 aliphatic rings. The van der Waals surface area contributed by atoms with Gasteiger partial charge in [0.15, 0.2) is 6.10 Å². The van der Waals surface area contributed by atoms with Crippen LogP contribution in [0.5, 0.6) is 5.75 Å². The highest BCUT2D eigenvalue weighted by Crippen LogP contribution is 2.24. The van der Waals surface area contributed by atoms with E-state index in [1.54, 1.807) is 32.9 Å². The van der Waals surface area contributed by atoms with E-state index in [-0.39, 0.29) is 16.8 Å². The van der Waals surface area contributed by atoms with Crippen LogP contribution in [0, 0.1) is 13.8 Å². The van der Waals surface area contributed by atoms with Gasteiger partial charge in [-0.2, -0.15) is 0 Å². The minimum absolute atomic E-state index is 0.147. The summed E-state index contributed by atoms with van der Waals surface area (Å²) in [7, 11) is -3.56. The fourth-order valence-electron chi connectivity index (χ4n) is 2.56. The van der Waals surface area contributed by atoms with Crippen LogP contribution in [0.2, 0.25) is 0 Å². The Kier molecular flexibility index (Phi) is 6.62. The van der Waals surface area contributed by atoms with Crippen LogP contribution in [0.25, 0.3) is 0 Å². The number of benzene rings is 2. The van der Waals surface area contributed by atoms with Gasteiger partial charge < -0.3 is 10.1 Å². The Hall–Kier alpha value is -2.38. The van der Waals surface area contributed by atoms with Gasteiger partial charge >= 0.3 is 0 Å². The molecule has 0 aliphatic carbocycles. The Morgan fingerprint density at radius 2 is 1.52 bits per heavy atom. The number of para-hydroxylation sites is 1. The Bertz CT molecular complexity index is 886. The van der Waals surface area contributed by atoms with Crippen molar-refractivity contribution in [3.05, 3.63) is 53.6 Å². The number of amides is 1. The van der Waals surface area contributed by atoms with Crippen LogP contribution >= 0.6 is 0 Å². The van der Waals surface area contributed by atoms with Crippen LogP contribution in [-0.2, 0) is 14.8 Å². The van der Waals surface area contributed by atoms with E-state index < -0.39 is 16.1 Å². The van der Waals surface area contributed by atoms with Gasteiger partial charge in [0.1, 0.15) is 5.75 Å². The zero-order valence-electron chi connectivity index (χ0n) is 16.2. The SMILES string of the molecule is Cc1cccc(C)c1OC(C)C(=O)Nc1ccc(S(=O)(=O)NC(C)C)cc1. The lowest BCUT2D eigenvalue weighted by Crippen LogP contribution is -2.31. The van der Waals surface area contributed by atoms with Gasteiger partial charge in [-0.05, 0) is 70.0 Å². The van der Waals surface area contributed by atoms with Gasteiger partial charge in [-0.1, -0.05) is 18.2 Å². The van der Waals surface area contributed by atoms with Gasteiger partial charge in [-0.15, -0.1) is 0 Å². The summed E-state index contributed by atoms with van der Waals surface area (Å²) in [6.07, 6.45) is -0.698. The first kappa shape index (κ1) is 20.9. The largest absolute Gasteiger partial charge is 0.480 e. The summed E-state index contributed by atoms with van der Waals surface area (Å²) in [4.78, 5) is 12.5. The number of hydrogen-bond donors (Lipinski definition) is 2. The first-order chi connectivity index (χ1) is 12.6. The molecule has 0 heterocycles. The standard InChI is InChI=1S/C20H26N2O4S/c1-13(2)22-27(24,25)18-11-9-17(10-12-18)21-20(23)16(5)26-19-14(3)7-6-8-15(19)4/h6-13,16,22H,1-5H3,(H,21,23). The molecule has 0 aliphatic heterocycles. The van der Waals surface area contributed by atoms with Crippen molar-refractivity contribution in [3.8, 4) is 5.75 Å². The van der Waals surface area contributed by atoms with E-state index in [4.69, 9.17) is 4.74 Å². The van der Waals surface area contributed by atoms with Crippen molar-refractivity contribution in [2.75, 3.05) is 5.32 Å². The molecule has 0 saturated heterocycles. The topological polar surface area (TPSA) is 84.5 Å². The second-order valence-corrected chi connectivity index (χ2v) is 8.48. The predicted molar refractivity (Wildman–Crippen MR) is 107 cm³/mol. The van der Waals surface area contributed by atoms with Gasteiger partial charge in [0, 0.05) is 11.7 Å². The number of anilines is 1. The van der Waals surface area contributed by atoms with Gasteiger partial charge in [-0.3, -0.25) is 4.79 Å².